The molecule has 1 unspecified atom stereocenters. The summed E-state index contributed by atoms with van der Waals surface area (Å²) >= 11 is 0. The topological polar surface area (TPSA) is 103 Å². The second-order valence-electron chi connectivity index (χ2n) is 7.81. The van der Waals surface area contributed by atoms with Crippen LogP contribution in [-0.4, -0.2) is 119 Å². The van der Waals surface area contributed by atoms with Gasteiger partial charge in [0.2, 0.25) is 0 Å². The van der Waals surface area contributed by atoms with Crippen LogP contribution in [0.3, 0.4) is 0 Å². The lowest BCUT2D eigenvalue weighted by molar-refractivity contribution is -0.150. The molecule has 0 bridgehead atoms. The number of ether oxygens (including phenoxy) is 8. The van der Waals surface area contributed by atoms with Crippen molar-refractivity contribution in [3.05, 3.63) is 0 Å². The molecule has 0 fully saturated rings. The fourth-order valence-corrected chi connectivity index (χ4v) is 2.85. The Bertz CT molecular complexity index is 430. The molecule has 10 nitrogen and oxygen atoms in total. The van der Waals surface area contributed by atoms with Crippen molar-refractivity contribution in [3.63, 3.8) is 0 Å². The second kappa shape index (κ2) is 29.4. The third-order valence-corrected chi connectivity index (χ3v) is 4.93. The first-order chi connectivity index (χ1) is 17.3. The van der Waals surface area contributed by atoms with Crippen LogP contribution in [0.1, 0.15) is 39.5 Å². The third-order valence-electron chi connectivity index (χ3n) is 4.93. The summed E-state index contributed by atoms with van der Waals surface area (Å²) in [7, 11) is 1.89. The Hall–Kier alpha value is -0.850. The van der Waals surface area contributed by atoms with Crippen LogP contribution in [0, 0.1) is 5.92 Å². The summed E-state index contributed by atoms with van der Waals surface area (Å²) in [6.07, 6.45) is 3.86. The van der Waals surface area contributed by atoms with E-state index in [4.69, 9.17) is 37.9 Å². The molecule has 0 heterocycles. The molecule has 210 valence electrons. The Morgan fingerprint density at radius 2 is 0.971 bits per heavy atom. The van der Waals surface area contributed by atoms with Gasteiger partial charge >= 0.3 is 5.97 Å². The number of unbranched alkanes of at least 4 members (excludes halogenated alkanes) is 1. The molecule has 0 aromatic carbocycles. The lowest BCUT2D eigenvalue weighted by Gasteiger charge is -2.13. The molecule has 0 aromatic rings. The van der Waals surface area contributed by atoms with Gasteiger partial charge in [0.1, 0.15) is 6.61 Å². The summed E-state index contributed by atoms with van der Waals surface area (Å²) in [5.41, 5.74) is 0. The zero-order chi connectivity index (χ0) is 25.7. The SMILES string of the molecule is CCCCC(CC)C(=O)OCCOCCOCCOCCOCCOCCOCCOCCNC. The highest BCUT2D eigenvalue weighted by atomic mass is 16.6. The molecule has 0 radical (unpaired) electrons. The van der Waals surface area contributed by atoms with Crippen molar-refractivity contribution in [2.75, 3.05) is 113 Å². The molecule has 0 aliphatic rings. The Kier molecular flexibility index (Phi) is 28.7. The van der Waals surface area contributed by atoms with Gasteiger partial charge < -0.3 is 43.2 Å². The normalized spacial score (nSPS) is 12.2. The Morgan fingerprint density at radius 3 is 1.31 bits per heavy atom. The van der Waals surface area contributed by atoms with Crippen molar-refractivity contribution in [3.8, 4) is 0 Å². The molecule has 0 aromatic heterocycles. The summed E-state index contributed by atoms with van der Waals surface area (Å²) < 4.78 is 43.2. The molecule has 0 saturated carbocycles. The summed E-state index contributed by atoms with van der Waals surface area (Å²) in [6.45, 7) is 12.7. The van der Waals surface area contributed by atoms with E-state index >= 15 is 0 Å². The maximum Gasteiger partial charge on any atom is 0.308 e. The largest absolute Gasteiger partial charge is 0.463 e. The summed E-state index contributed by atoms with van der Waals surface area (Å²) in [6, 6.07) is 0. The van der Waals surface area contributed by atoms with E-state index in [9.17, 15) is 4.79 Å². The average Bonchev–Trinajstić information content (AvgIpc) is 2.87. The highest BCUT2D eigenvalue weighted by molar-refractivity contribution is 5.72. The zero-order valence-corrected chi connectivity index (χ0v) is 22.4. The Morgan fingerprint density at radius 1 is 0.600 bits per heavy atom. The van der Waals surface area contributed by atoms with E-state index < -0.39 is 0 Å². The molecule has 10 heteroatoms. The van der Waals surface area contributed by atoms with Gasteiger partial charge in [-0.15, -0.1) is 0 Å². The summed E-state index contributed by atoms with van der Waals surface area (Å²) in [4.78, 5) is 12.0. The first-order valence-electron chi connectivity index (χ1n) is 13.1. The van der Waals surface area contributed by atoms with E-state index in [1.807, 2.05) is 14.0 Å². The first-order valence-corrected chi connectivity index (χ1v) is 13.1. The number of carbonyl (C=O) groups is 1. The van der Waals surface area contributed by atoms with Crippen LogP contribution in [0.2, 0.25) is 0 Å². The number of esters is 1. The fraction of sp³-hybridized carbons (Fsp3) is 0.960. The molecule has 35 heavy (non-hydrogen) atoms. The summed E-state index contributed by atoms with van der Waals surface area (Å²) in [5, 5.41) is 3.02. The van der Waals surface area contributed by atoms with Crippen LogP contribution in [0.15, 0.2) is 0 Å². The van der Waals surface area contributed by atoms with Crippen LogP contribution in [0.4, 0.5) is 0 Å². The van der Waals surface area contributed by atoms with E-state index in [1.54, 1.807) is 0 Å². The van der Waals surface area contributed by atoms with Crippen LogP contribution >= 0.6 is 0 Å². The quantitative estimate of drug-likeness (QED) is 0.119. The zero-order valence-electron chi connectivity index (χ0n) is 22.4. The second-order valence-corrected chi connectivity index (χ2v) is 7.81. The van der Waals surface area contributed by atoms with Crippen molar-refractivity contribution >= 4 is 5.97 Å². The minimum Gasteiger partial charge on any atom is -0.463 e. The predicted molar refractivity (Wildman–Crippen MR) is 134 cm³/mol. The van der Waals surface area contributed by atoms with Gasteiger partial charge in [-0.05, 0) is 19.9 Å². The number of carbonyl (C=O) groups excluding carboxylic acids is 1. The standard InChI is InChI=1S/C25H51NO9/c1-4-6-7-24(5-2)25(27)35-23-22-34-21-20-33-19-18-32-17-16-31-15-14-30-13-12-29-11-10-28-9-8-26-3/h24,26H,4-23H2,1-3H3. The fourth-order valence-electron chi connectivity index (χ4n) is 2.85. The molecular weight excluding hydrogens is 458 g/mol. The summed E-state index contributed by atoms with van der Waals surface area (Å²) in [5.74, 6) is -0.108. The van der Waals surface area contributed by atoms with Crippen molar-refractivity contribution in [1.82, 2.24) is 5.32 Å². The van der Waals surface area contributed by atoms with Crippen LogP contribution in [0.5, 0.6) is 0 Å². The van der Waals surface area contributed by atoms with E-state index in [0.29, 0.717) is 92.5 Å². The van der Waals surface area contributed by atoms with Crippen LogP contribution in [0.25, 0.3) is 0 Å². The molecule has 0 saturated heterocycles. The number of hydrogen-bond acceptors (Lipinski definition) is 10. The minimum atomic E-state index is -0.114. The minimum absolute atomic E-state index is 0.00595. The molecule has 0 spiro atoms. The number of nitrogens with one attached hydrogen (secondary N) is 1. The van der Waals surface area contributed by atoms with E-state index in [2.05, 4.69) is 12.2 Å². The van der Waals surface area contributed by atoms with Crippen molar-refractivity contribution in [2.24, 2.45) is 5.92 Å². The van der Waals surface area contributed by atoms with Gasteiger partial charge in [0.25, 0.3) is 0 Å². The van der Waals surface area contributed by atoms with Gasteiger partial charge in [-0.1, -0.05) is 26.7 Å². The molecule has 0 aliphatic carbocycles. The van der Waals surface area contributed by atoms with Gasteiger partial charge in [-0.25, -0.2) is 0 Å². The highest BCUT2D eigenvalue weighted by Gasteiger charge is 2.16. The van der Waals surface area contributed by atoms with E-state index in [1.165, 1.54) is 0 Å². The monoisotopic (exact) mass is 509 g/mol. The Labute approximate surface area is 212 Å². The molecule has 1 N–H and O–H groups in total. The van der Waals surface area contributed by atoms with Crippen LogP contribution < -0.4 is 5.32 Å². The van der Waals surface area contributed by atoms with E-state index in [-0.39, 0.29) is 18.5 Å². The van der Waals surface area contributed by atoms with Gasteiger partial charge in [-0.3, -0.25) is 4.79 Å². The Balaban J connectivity index is 3.18. The maximum atomic E-state index is 12.0. The highest BCUT2D eigenvalue weighted by Crippen LogP contribution is 2.14. The van der Waals surface area contributed by atoms with Crippen molar-refractivity contribution < 1.29 is 42.7 Å². The average molecular weight is 510 g/mol. The van der Waals surface area contributed by atoms with Crippen molar-refractivity contribution in [1.29, 1.82) is 0 Å². The molecule has 1 atom stereocenters. The smallest absolute Gasteiger partial charge is 0.308 e. The van der Waals surface area contributed by atoms with Gasteiger partial charge in [0, 0.05) is 6.54 Å². The number of likely N-dealkylation sites (N-methyl/N-ethyl adjacent to an activating group) is 1. The maximum absolute atomic E-state index is 12.0. The molecule has 0 rings (SSSR count). The number of rotatable bonds is 29. The van der Waals surface area contributed by atoms with Gasteiger partial charge in [0.05, 0.1) is 98.4 Å². The predicted octanol–water partition coefficient (Wildman–Crippen LogP) is 2.08. The van der Waals surface area contributed by atoms with Crippen molar-refractivity contribution in [2.45, 2.75) is 39.5 Å². The number of hydrogen-bond donors (Lipinski definition) is 1. The molecular formula is C25H51NO9. The third kappa shape index (κ3) is 26.0. The van der Waals surface area contributed by atoms with Gasteiger partial charge in [0.15, 0.2) is 0 Å². The van der Waals surface area contributed by atoms with Gasteiger partial charge in [-0.2, -0.15) is 0 Å². The van der Waals surface area contributed by atoms with Crippen LogP contribution in [-0.2, 0) is 42.7 Å². The van der Waals surface area contributed by atoms with E-state index in [0.717, 1.165) is 32.2 Å². The molecule has 0 aliphatic heterocycles. The lowest BCUT2D eigenvalue weighted by atomic mass is 10.00. The lowest BCUT2D eigenvalue weighted by Crippen LogP contribution is -2.20. The first kappa shape index (κ1) is 34.1. The molecule has 0 amide bonds.